The fourth-order valence-corrected chi connectivity index (χ4v) is 4.58. The Balaban J connectivity index is 1.63. The number of thioether (sulfide) groups is 1. The van der Waals surface area contributed by atoms with Crippen molar-refractivity contribution in [1.29, 1.82) is 0 Å². The minimum atomic E-state index is -1.27. The maximum atomic E-state index is 14.1. The molecule has 0 saturated carbocycles. The van der Waals surface area contributed by atoms with E-state index in [1.54, 1.807) is 11.7 Å². The van der Waals surface area contributed by atoms with Gasteiger partial charge in [-0.2, -0.15) is 5.10 Å². The topological polar surface area (TPSA) is 52.7 Å². The summed E-state index contributed by atoms with van der Waals surface area (Å²) in [5, 5.41) is 4.53. The van der Waals surface area contributed by atoms with Gasteiger partial charge in [0.2, 0.25) is 0 Å². The Hall–Kier alpha value is -3.40. The van der Waals surface area contributed by atoms with E-state index in [4.69, 9.17) is 0 Å². The van der Waals surface area contributed by atoms with Crippen LogP contribution in [0.1, 0.15) is 33.7 Å². The number of carbonyl (C=O) groups is 1. The molecule has 0 aliphatic carbocycles. The summed E-state index contributed by atoms with van der Waals surface area (Å²) in [4.78, 5) is 17.4. The minimum absolute atomic E-state index is 0.177. The number of ketones is 1. The lowest BCUT2D eigenvalue weighted by molar-refractivity contribution is 0.0975. The number of rotatable bonds is 8. The SMILES string of the molecule is Cc1nn(C)cc1CCC(=O)c1cnc(SCc2c(F)ccc(F)c2F)n1-c1ccc(F)cc1. The summed E-state index contributed by atoms with van der Waals surface area (Å²) in [6.07, 6.45) is 3.87. The molecule has 0 aliphatic heterocycles. The molecule has 176 valence electrons. The molecule has 0 aliphatic rings. The Bertz CT molecular complexity index is 1350. The molecule has 10 heteroatoms. The Kier molecular flexibility index (Phi) is 6.87. The van der Waals surface area contributed by atoms with Crippen LogP contribution in [-0.4, -0.2) is 25.1 Å². The Morgan fingerprint density at radius 2 is 1.74 bits per heavy atom. The summed E-state index contributed by atoms with van der Waals surface area (Å²) in [5.41, 5.74) is 2.05. The highest BCUT2D eigenvalue weighted by Gasteiger charge is 2.21. The number of halogens is 4. The zero-order valence-electron chi connectivity index (χ0n) is 18.4. The fourth-order valence-electron chi connectivity index (χ4n) is 3.58. The van der Waals surface area contributed by atoms with Gasteiger partial charge in [0.25, 0.3) is 0 Å². The molecule has 5 nitrogen and oxygen atoms in total. The lowest BCUT2D eigenvalue weighted by Gasteiger charge is -2.12. The third-order valence-electron chi connectivity index (χ3n) is 5.32. The van der Waals surface area contributed by atoms with Crippen LogP contribution in [0.15, 0.2) is 53.9 Å². The second-order valence-electron chi connectivity index (χ2n) is 7.68. The number of aryl methyl sites for hydroxylation is 3. The molecule has 0 N–H and O–H groups in total. The van der Waals surface area contributed by atoms with Gasteiger partial charge in [0.05, 0.1) is 11.9 Å². The van der Waals surface area contributed by atoms with E-state index in [9.17, 15) is 22.4 Å². The van der Waals surface area contributed by atoms with Crippen molar-refractivity contribution >= 4 is 17.5 Å². The molecule has 4 aromatic rings. The summed E-state index contributed by atoms with van der Waals surface area (Å²) in [6, 6.07) is 7.01. The molecule has 0 saturated heterocycles. The molecular weight excluding hydrogens is 468 g/mol. The monoisotopic (exact) mass is 488 g/mol. The maximum Gasteiger partial charge on any atom is 0.181 e. The average molecular weight is 489 g/mol. The summed E-state index contributed by atoms with van der Waals surface area (Å²) < 4.78 is 58.5. The number of hydrogen-bond donors (Lipinski definition) is 0. The third-order valence-corrected chi connectivity index (χ3v) is 6.30. The number of nitrogens with zero attached hydrogens (tertiary/aromatic N) is 4. The van der Waals surface area contributed by atoms with Crippen molar-refractivity contribution in [2.24, 2.45) is 7.05 Å². The quantitative estimate of drug-likeness (QED) is 0.141. The van der Waals surface area contributed by atoms with Gasteiger partial charge in [-0.15, -0.1) is 0 Å². The number of hydrogen-bond acceptors (Lipinski definition) is 4. The van der Waals surface area contributed by atoms with Crippen molar-refractivity contribution in [2.45, 2.75) is 30.7 Å². The van der Waals surface area contributed by atoms with E-state index in [1.165, 1.54) is 35.0 Å². The molecule has 2 heterocycles. The Morgan fingerprint density at radius 3 is 2.41 bits per heavy atom. The van der Waals surface area contributed by atoms with E-state index in [0.717, 1.165) is 35.2 Å². The van der Waals surface area contributed by atoms with Gasteiger partial charge in [0, 0.05) is 36.7 Å². The molecular formula is C24H20F4N4OS. The molecule has 34 heavy (non-hydrogen) atoms. The first-order chi connectivity index (χ1) is 16.2. The number of imidazole rings is 1. The van der Waals surface area contributed by atoms with Crippen molar-refractivity contribution < 1.29 is 22.4 Å². The molecule has 0 atom stereocenters. The van der Waals surface area contributed by atoms with Crippen LogP contribution in [0.4, 0.5) is 17.6 Å². The molecule has 0 spiro atoms. The van der Waals surface area contributed by atoms with E-state index < -0.39 is 28.8 Å². The van der Waals surface area contributed by atoms with Crippen LogP contribution < -0.4 is 0 Å². The first-order valence-electron chi connectivity index (χ1n) is 10.4. The van der Waals surface area contributed by atoms with Crippen molar-refractivity contribution in [2.75, 3.05) is 0 Å². The summed E-state index contributed by atoms with van der Waals surface area (Å²) in [5.74, 6) is -4.22. The minimum Gasteiger partial charge on any atom is -0.292 e. The van der Waals surface area contributed by atoms with Gasteiger partial charge in [-0.1, -0.05) is 11.8 Å². The molecule has 0 bridgehead atoms. The van der Waals surface area contributed by atoms with E-state index in [2.05, 4.69) is 10.1 Å². The van der Waals surface area contributed by atoms with Gasteiger partial charge in [-0.05, 0) is 55.3 Å². The van der Waals surface area contributed by atoms with Gasteiger partial charge in [-0.25, -0.2) is 22.5 Å². The van der Waals surface area contributed by atoms with E-state index in [0.29, 0.717) is 12.1 Å². The van der Waals surface area contributed by atoms with Crippen LogP contribution in [0.3, 0.4) is 0 Å². The highest BCUT2D eigenvalue weighted by molar-refractivity contribution is 7.98. The molecule has 2 aromatic heterocycles. The summed E-state index contributed by atoms with van der Waals surface area (Å²) >= 11 is 0.941. The van der Waals surface area contributed by atoms with Crippen LogP contribution in [0.25, 0.3) is 5.69 Å². The molecule has 0 amide bonds. The highest BCUT2D eigenvalue weighted by Crippen LogP contribution is 2.30. The fraction of sp³-hybridized carbons (Fsp3) is 0.208. The standard InChI is InChI=1S/C24H20F4N4OS/c1-14-15(12-31(2)30-14)3-10-22(33)21-11-29-24(32(21)17-6-4-16(25)5-7-17)34-13-18-19(26)8-9-20(27)23(18)28/h4-9,11-12H,3,10,13H2,1-2H3. The van der Waals surface area contributed by atoms with Gasteiger partial charge in [-0.3, -0.25) is 14.0 Å². The van der Waals surface area contributed by atoms with Crippen molar-refractivity contribution in [3.8, 4) is 5.69 Å². The van der Waals surface area contributed by atoms with E-state index in [-0.39, 0.29) is 28.8 Å². The number of aromatic nitrogens is 4. The maximum absolute atomic E-state index is 14.1. The highest BCUT2D eigenvalue weighted by atomic mass is 32.2. The molecule has 2 aromatic carbocycles. The number of benzene rings is 2. The smallest absolute Gasteiger partial charge is 0.181 e. The van der Waals surface area contributed by atoms with Crippen molar-refractivity contribution in [3.05, 3.63) is 94.6 Å². The van der Waals surface area contributed by atoms with E-state index in [1.807, 2.05) is 13.1 Å². The van der Waals surface area contributed by atoms with Gasteiger partial charge in [0.1, 0.15) is 17.3 Å². The van der Waals surface area contributed by atoms with Gasteiger partial charge >= 0.3 is 0 Å². The Morgan fingerprint density at radius 1 is 1.03 bits per heavy atom. The lowest BCUT2D eigenvalue weighted by atomic mass is 10.1. The van der Waals surface area contributed by atoms with Gasteiger partial charge < -0.3 is 0 Å². The molecule has 0 radical (unpaired) electrons. The average Bonchev–Trinajstić information content (AvgIpc) is 3.37. The van der Waals surface area contributed by atoms with Crippen LogP contribution in [0.2, 0.25) is 0 Å². The summed E-state index contributed by atoms with van der Waals surface area (Å²) in [7, 11) is 1.80. The number of carbonyl (C=O) groups excluding carboxylic acids is 1. The zero-order chi connectivity index (χ0) is 24.4. The molecule has 0 fully saturated rings. The predicted octanol–water partition coefficient (Wildman–Crippen LogP) is 5.58. The second kappa shape index (κ2) is 9.84. The van der Waals surface area contributed by atoms with Crippen LogP contribution in [0, 0.1) is 30.2 Å². The third kappa shape index (κ3) is 4.91. The predicted molar refractivity (Wildman–Crippen MR) is 120 cm³/mol. The normalized spacial score (nSPS) is 11.2. The van der Waals surface area contributed by atoms with Crippen LogP contribution in [0.5, 0.6) is 0 Å². The number of Topliss-reactive ketones (excluding diaryl/α,β-unsaturated/α-hetero) is 1. The van der Waals surface area contributed by atoms with Crippen LogP contribution in [-0.2, 0) is 19.2 Å². The van der Waals surface area contributed by atoms with Crippen molar-refractivity contribution in [1.82, 2.24) is 19.3 Å². The zero-order valence-corrected chi connectivity index (χ0v) is 19.2. The summed E-state index contributed by atoms with van der Waals surface area (Å²) in [6.45, 7) is 1.86. The largest absolute Gasteiger partial charge is 0.292 e. The Labute approximate surface area is 197 Å². The van der Waals surface area contributed by atoms with Gasteiger partial charge in [0.15, 0.2) is 22.6 Å². The lowest BCUT2D eigenvalue weighted by Crippen LogP contribution is -2.10. The first-order valence-corrected chi connectivity index (χ1v) is 11.3. The second-order valence-corrected chi connectivity index (χ2v) is 8.63. The molecule has 4 rings (SSSR count). The van der Waals surface area contributed by atoms with E-state index >= 15 is 0 Å². The molecule has 0 unspecified atom stereocenters. The van der Waals surface area contributed by atoms with Crippen LogP contribution >= 0.6 is 11.8 Å². The van der Waals surface area contributed by atoms with Crippen molar-refractivity contribution in [3.63, 3.8) is 0 Å². The first kappa shape index (κ1) is 23.7.